The lowest BCUT2D eigenvalue weighted by molar-refractivity contribution is 0.510. The van der Waals surface area contributed by atoms with Crippen LogP contribution in [0, 0.1) is 13.8 Å². The van der Waals surface area contributed by atoms with Gasteiger partial charge in [0.2, 0.25) is 0 Å². The van der Waals surface area contributed by atoms with Gasteiger partial charge in [0.1, 0.15) is 5.82 Å². The first-order valence-electron chi connectivity index (χ1n) is 7.33. The number of nitrogens with one attached hydrogen (secondary N) is 1. The molecule has 0 amide bonds. The summed E-state index contributed by atoms with van der Waals surface area (Å²) in [4.78, 5) is 10.4. The van der Waals surface area contributed by atoms with E-state index in [4.69, 9.17) is 0 Å². The molecule has 2 heterocycles. The topological polar surface area (TPSA) is 42.7 Å². The zero-order valence-corrected chi connectivity index (χ0v) is 13.6. The molecule has 0 aliphatic rings. The predicted octanol–water partition coefficient (Wildman–Crippen LogP) is 3.26. The van der Waals surface area contributed by atoms with E-state index in [1.54, 1.807) is 11.3 Å². The predicted molar refractivity (Wildman–Crippen MR) is 84.2 cm³/mol. The fourth-order valence-electron chi connectivity index (χ4n) is 2.45. The molecule has 5 heteroatoms. The zero-order valence-electron chi connectivity index (χ0n) is 12.8. The molecular formula is C15H24N4S. The number of aromatic nitrogens is 3. The smallest absolute Gasteiger partial charge is 0.110 e. The molecule has 0 aliphatic carbocycles. The van der Waals surface area contributed by atoms with Crippen LogP contribution < -0.4 is 5.32 Å². The third-order valence-corrected chi connectivity index (χ3v) is 4.61. The van der Waals surface area contributed by atoms with Crippen molar-refractivity contribution in [1.29, 1.82) is 0 Å². The molecule has 2 aromatic rings. The summed E-state index contributed by atoms with van der Waals surface area (Å²) in [6.45, 7) is 10.5. The molecule has 0 spiro atoms. The number of nitrogens with zero attached hydrogens (tertiary/aromatic N) is 3. The second kappa shape index (κ2) is 6.99. The molecule has 110 valence electrons. The second-order valence-corrected chi connectivity index (χ2v) is 6.26. The van der Waals surface area contributed by atoms with Crippen LogP contribution in [-0.2, 0) is 13.0 Å². The van der Waals surface area contributed by atoms with Gasteiger partial charge in [0.05, 0.1) is 16.7 Å². The Bertz CT molecular complexity index is 544. The minimum atomic E-state index is 0.314. The van der Waals surface area contributed by atoms with Crippen molar-refractivity contribution < 1.29 is 0 Å². The molecule has 1 unspecified atom stereocenters. The molecular weight excluding hydrogens is 268 g/mol. The van der Waals surface area contributed by atoms with Gasteiger partial charge >= 0.3 is 0 Å². The summed E-state index contributed by atoms with van der Waals surface area (Å²) in [7, 11) is 0. The highest BCUT2D eigenvalue weighted by atomic mass is 32.1. The van der Waals surface area contributed by atoms with E-state index in [1.165, 1.54) is 4.88 Å². The maximum atomic E-state index is 4.56. The summed E-state index contributed by atoms with van der Waals surface area (Å²) in [5.41, 5.74) is 1.15. The molecule has 0 radical (unpaired) electrons. The Morgan fingerprint density at radius 2 is 2.15 bits per heavy atom. The van der Waals surface area contributed by atoms with Crippen molar-refractivity contribution in [2.24, 2.45) is 0 Å². The van der Waals surface area contributed by atoms with E-state index in [-0.39, 0.29) is 0 Å². The van der Waals surface area contributed by atoms with Crippen molar-refractivity contribution in [3.05, 3.63) is 33.8 Å². The van der Waals surface area contributed by atoms with Gasteiger partial charge in [0.15, 0.2) is 0 Å². The van der Waals surface area contributed by atoms with Crippen LogP contribution in [0.3, 0.4) is 0 Å². The van der Waals surface area contributed by atoms with Crippen LogP contribution in [0.5, 0.6) is 0 Å². The lowest BCUT2D eigenvalue weighted by Gasteiger charge is -2.18. The SMILES string of the molecule is CCCNC(Cc1nccn1CC)c1sc(C)nc1C. The van der Waals surface area contributed by atoms with E-state index in [0.29, 0.717) is 6.04 Å². The molecule has 1 N–H and O–H groups in total. The Kier molecular flexibility index (Phi) is 5.31. The molecule has 2 aromatic heterocycles. The van der Waals surface area contributed by atoms with Gasteiger partial charge in [-0.2, -0.15) is 0 Å². The Hall–Kier alpha value is -1.20. The minimum absolute atomic E-state index is 0.314. The Morgan fingerprint density at radius 1 is 1.35 bits per heavy atom. The number of hydrogen-bond acceptors (Lipinski definition) is 4. The first kappa shape index (κ1) is 15.2. The Labute approximate surface area is 125 Å². The summed E-state index contributed by atoms with van der Waals surface area (Å²) in [5.74, 6) is 1.14. The van der Waals surface area contributed by atoms with Gasteiger partial charge in [0, 0.05) is 30.2 Å². The van der Waals surface area contributed by atoms with Crippen molar-refractivity contribution >= 4 is 11.3 Å². The summed E-state index contributed by atoms with van der Waals surface area (Å²) in [6.07, 6.45) is 6.00. The first-order valence-corrected chi connectivity index (χ1v) is 8.14. The maximum absolute atomic E-state index is 4.56. The molecule has 1 atom stereocenters. The minimum Gasteiger partial charge on any atom is -0.335 e. The average molecular weight is 292 g/mol. The number of hydrogen-bond donors (Lipinski definition) is 1. The number of imidazole rings is 1. The number of thiazole rings is 1. The molecule has 0 bridgehead atoms. The van der Waals surface area contributed by atoms with Gasteiger partial charge in [-0.1, -0.05) is 6.92 Å². The largest absolute Gasteiger partial charge is 0.335 e. The van der Waals surface area contributed by atoms with Crippen LogP contribution in [0.2, 0.25) is 0 Å². The van der Waals surface area contributed by atoms with Crippen molar-refractivity contribution in [3.63, 3.8) is 0 Å². The van der Waals surface area contributed by atoms with Crippen LogP contribution >= 0.6 is 11.3 Å². The Morgan fingerprint density at radius 3 is 2.75 bits per heavy atom. The van der Waals surface area contributed by atoms with Crippen molar-refractivity contribution in [2.75, 3.05) is 6.54 Å². The standard InChI is InChI=1S/C15H24N4S/c1-5-7-16-13(15-11(3)18-12(4)20-15)10-14-17-8-9-19(14)6-2/h8-9,13,16H,5-7,10H2,1-4H3. The summed E-state index contributed by atoms with van der Waals surface area (Å²) in [5, 5.41) is 4.79. The molecule has 0 fully saturated rings. The number of aryl methyl sites for hydroxylation is 3. The molecule has 0 aliphatic heterocycles. The third kappa shape index (κ3) is 3.46. The highest BCUT2D eigenvalue weighted by Crippen LogP contribution is 2.27. The highest BCUT2D eigenvalue weighted by Gasteiger charge is 2.19. The van der Waals surface area contributed by atoms with E-state index in [0.717, 1.165) is 42.5 Å². The molecule has 0 aromatic carbocycles. The van der Waals surface area contributed by atoms with Crippen molar-refractivity contribution in [2.45, 2.75) is 53.1 Å². The molecule has 4 nitrogen and oxygen atoms in total. The van der Waals surface area contributed by atoms with Gasteiger partial charge in [-0.15, -0.1) is 11.3 Å². The van der Waals surface area contributed by atoms with Crippen LogP contribution in [0.15, 0.2) is 12.4 Å². The van der Waals surface area contributed by atoms with Gasteiger partial charge in [-0.25, -0.2) is 9.97 Å². The quantitative estimate of drug-likeness (QED) is 0.852. The molecule has 0 saturated carbocycles. The molecule has 20 heavy (non-hydrogen) atoms. The van der Waals surface area contributed by atoms with Crippen LogP contribution in [0.1, 0.15) is 47.7 Å². The number of rotatable bonds is 7. The monoisotopic (exact) mass is 292 g/mol. The third-order valence-electron chi connectivity index (χ3n) is 3.43. The van der Waals surface area contributed by atoms with E-state index in [2.05, 4.69) is 53.7 Å². The highest BCUT2D eigenvalue weighted by molar-refractivity contribution is 7.11. The van der Waals surface area contributed by atoms with Gasteiger partial charge < -0.3 is 9.88 Å². The fourth-order valence-corrected chi connectivity index (χ4v) is 3.45. The molecule has 2 rings (SSSR count). The summed E-state index contributed by atoms with van der Waals surface area (Å²) in [6, 6.07) is 0.314. The van der Waals surface area contributed by atoms with Crippen LogP contribution in [0.25, 0.3) is 0 Å². The molecule has 0 saturated heterocycles. The van der Waals surface area contributed by atoms with Crippen molar-refractivity contribution in [3.8, 4) is 0 Å². The fraction of sp³-hybridized carbons (Fsp3) is 0.600. The van der Waals surface area contributed by atoms with Crippen LogP contribution in [0.4, 0.5) is 0 Å². The maximum Gasteiger partial charge on any atom is 0.110 e. The van der Waals surface area contributed by atoms with E-state index < -0.39 is 0 Å². The normalized spacial score (nSPS) is 12.8. The lowest BCUT2D eigenvalue weighted by Crippen LogP contribution is -2.25. The second-order valence-electron chi connectivity index (χ2n) is 5.02. The summed E-state index contributed by atoms with van der Waals surface area (Å²) >= 11 is 1.80. The van der Waals surface area contributed by atoms with Crippen molar-refractivity contribution in [1.82, 2.24) is 19.9 Å². The van der Waals surface area contributed by atoms with E-state index in [9.17, 15) is 0 Å². The first-order chi connectivity index (χ1) is 9.65. The van der Waals surface area contributed by atoms with E-state index >= 15 is 0 Å². The summed E-state index contributed by atoms with van der Waals surface area (Å²) < 4.78 is 2.21. The lowest BCUT2D eigenvalue weighted by atomic mass is 10.1. The van der Waals surface area contributed by atoms with E-state index in [1.807, 2.05) is 6.20 Å². The van der Waals surface area contributed by atoms with Gasteiger partial charge in [-0.05, 0) is 33.7 Å². The zero-order chi connectivity index (χ0) is 14.5. The van der Waals surface area contributed by atoms with Crippen LogP contribution in [-0.4, -0.2) is 21.1 Å². The average Bonchev–Trinajstić information content (AvgIpc) is 3.00. The Balaban J connectivity index is 2.21. The van der Waals surface area contributed by atoms with Gasteiger partial charge in [-0.3, -0.25) is 0 Å². The van der Waals surface area contributed by atoms with Gasteiger partial charge in [0.25, 0.3) is 0 Å².